The SMILES string of the molecule is CC1CCC(CNCC(=O)N(C)C)O1. The maximum atomic E-state index is 11.2. The molecule has 1 N–H and O–H groups in total. The minimum atomic E-state index is 0.107. The molecule has 1 heterocycles. The van der Waals surface area contributed by atoms with Crippen LogP contribution in [0.1, 0.15) is 19.8 Å². The largest absolute Gasteiger partial charge is 0.374 e. The summed E-state index contributed by atoms with van der Waals surface area (Å²) in [6.45, 7) is 3.27. The van der Waals surface area contributed by atoms with Crippen molar-refractivity contribution in [1.82, 2.24) is 10.2 Å². The zero-order chi connectivity index (χ0) is 10.6. The Morgan fingerprint density at radius 2 is 2.21 bits per heavy atom. The van der Waals surface area contributed by atoms with Crippen LogP contribution < -0.4 is 5.32 Å². The molecular weight excluding hydrogens is 180 g/mol. The van der Waals surface area contributed by atoms with Gasteiger partial charge in [-0.2, -0.15) is 0 Å². The third-order valence-corrected chi connectivity index (χ3v) is 2.47. The highest BCUT2D eigenvalue weighted by Gasteiger charge is 2.21. The van der Waals surface area contributed by atoms with Crippen LogP contribution in [0.2, 0.25) is 0 Å². The van der Waals surface area contributed by atoms with Gasteiger partial charge < -0.3 is 15.0 Å². The van der Waals surface area contributed by atoms with Gasteiger partial charge in [-0.1, -0.05) is 0 Å². The summed E-state index contributed by atoms with van der Waals surface area (Å²) in [6.07, 6.45) is 2.91. The van der Waals surface area contributed by atoms with Crippen LogP contribution in [0.25, 0.3) is 0 Å². The lowest BCUT2D eigenvalue weighted by molar-refractivity contribution is -0.127. The van der Waals surface area contributed by atoms with E-state index in [-0.39, 0.29) is 5.91 Å². The number of hydrogen-bond donors (Lipinski definition) is 1. The molecule has 2 unspecified atom stereocenters. The second-order valence-corrected chi connectivity index (χ2v) is 4.07. The average molecular weight is 200 g/mol. The van der Waals surface area contributed by atoms with Gasteiger partial charge in [0.05, 0.1) is 18.8 Å². The van der Waals surface area contributed by atoms with Crippen LogP contribution in [0.3, 0.4) is 0 Å². The highest BCUT2D eigenvalue weighted by molar-refractivity contribution is 5.77. The normalized spacial score (nSPS) is 26.5. The fourth-order valence-corrected chi connectivity index (χ4v) is 1.53. The lowest BCUT2D eigenvalue weighted by Gasteiger charge is -2.14. The fourth-order valence-electron chi connectivity index (χ4n) is 1.53. The van der Waals surface area contributed by atoms with Gasteiger partial charge in [0.15, 0.2) is 0 Å². The van der Waals surface area contributed by atoms with E-state index in [0.717, 1.165) is 19.4 Å². The maximum absolute atomic E-state index is 11.2. The first-order valence-corrected chi connectivity index (χ1v) is 5.16. The maximum Gasteiger partial charge on any atom is 0.236 e. The molecule has 1 rings (SSSR count). The average Bonchev–Trinajstić information content (AvgIpc) is 2.51. The second kappa shape index (κ2) is 5.32. The number of carbonyl (C=O) groups excluding carboxylic acids is 1. The monoisotopic (exact) mass is 200 g/mol. The van der Waals surface area contributed by atoms with E-state index in [4.69, 9.17) is 4.74 Å². The highest BCUT2D eigenvalue weighted by Crippen LogP contribution is 2.17. The Bertz CT molecular complexity index is 195. The lowest BCUT2D eigenvalue weighted by Crippen LogP contribution is -2.36. The van der Waals surface area contributed by atoms with Crippen molar-refractivity contribution in [2.24, 2.45) is 0 Å². The van der Waals surface area contributed by atoms with Gasteiger partial charge >= 0.3 is 0 Å². The number of nitrogens with zero attached hydrogens (tertiary/aromatic N) is 1. The zero-order valence-electron chi connectivity index (χ0n) is 9.25. The van der Waals surface area contributed by atoms with Gasteiger partial charge in [0.25, 0.3) is 0 Å². The first kappa shape index (κ1) is 11.5. The number of rotatable bonds is 4. The van der Waals surface area contributed by atoms with Crippen molar-refractivity contribution in [3.63, 3.8) is 0 Å². The topological polar surface area (TPSA) is 41.6 Å². The molecule has 1 amide bonds. The molecule has 0 aromatic carbocycles. The number of carbonyl (C=O) groups is 1. The molecule has 0 aliphatic carbocycles. The summed E-state index contributed by atoms with van der Waals surface area (Å²) < 4.78 is 5.62. The molecule has 0 aromatic heterocycles. The lowest BCUT2D eigenvalue weighted by atomic mass is 10.2. The molecule has 0 saturated carbocycles. The van der Waals surface area contributed by atoms with E-state index in [0.29, 0.717) is 18.8 Å². The van der Waals surface area contributed by atoms with Gasteiger partial charge in [-0.15, -0.1) is 0 Å². The predicted molar refractivity (Wildman–Crippen MR) is 55.1 cm³/mol. The number of likely N-dealkylation sites (N-methyl/N-ethyl adjacent to an activating group) is 1. The van der Waals surface area contributed by atoms with E-state index >= 15 is 0 Å². The van der Waals surface area contributed by atoms with Crippen molar-refractivity contribution in [1.29, 1.82) is 0 Å². The van der Waals surface area contributed by atoms with Crippen molar-refractivity contribution in [3.05, 3.63) is 0 Å². The summed E-state index contributed by atoms with van der Waals surface area (Å²) in [5, 5.41) is 3.11. The summed E-state index contributed by atoms with van der Waals surface area (Å²) in [6, 6.07) is 0. The molecule has 0 spiro atoms. The molecule has 0 bridgehead atoms. The molecule has 0 aromatic rings. The molecule has 82 valence electrons. The molecule has 4 nitrogen and oxygen atoms in total. The third-order valence-electron chi connectivity index (χ3n) is 2.47. The van der Waals surface area contributed by atoms with E-state index in [2.05, 4.69) is 12.2 Å². The van der Waals surface area contributed by atoms with Crippen molar-refractivity contribution < 1.29 is 9.53 Å². The van der Waals surface area contributed by atoms with Crippen LogP contribution in [0, 0.1) is 0 Å². The number of amides is 1. The Kier molecular flexibility index (Phi) is 4.35. The minimum Gasteiger partial charge on any atom is -0.374 e. The van der Waals surface area contributed by atoms with Crippen molar-refractivity contribution in [3.8, 4) is 0 Å². The van der Waals surface area contributed by atoms with E-state index in [9.17, 15) is 4.79 Å². The first-order chi connectivity index (χ1) is 6.59. The van der Waals surface area contributed by atoms with Crippen LogP contribution in [0.4, 0.5) is 0 Å². The Morgan fingerprint density at radius 3 is 2.71 bits per heavy atom. The van der Waals surface area contributed by atoms with Crippen molar-refractivity contribution in [2.45, 2.75) is 32.0 Å². The van der Waals surface area contributed by atoms with Crippen LogP contribution in [0.15, 0.2) is 0 Å². The van der Waals surface area contributed by atoms with Crippen LogP contribution >= 0.6 is 0 Å². The number of hydrogen-bond acceptors (Lipinski definition) is 3. The van der Waals surface area contributed by atoms with E-state index in [1.807, 2.05) is 0 Å². The van der Waals surface area contributed by atoms with Gasteiger partial charge in [-0.05, 0) is 19.8 Å². The van der Waals surface area contributed by atoms with Gasteiger partial charge in [0.1, 0.15) is 0 Å². The number of nitrogens with one attached hydrogen (secondary N) is 1. The molecular formula is C10H20N2O2. The molecule has 1 aliphatic rings. The van der Waals surface area contributed by atoms with Crippen molar-refractivity contribution in [2.75, 3.05) is 27.2 Å². The second-order valence-electron chi connectivity index (χ2n) is 4.07. The zero-order valence-corrected chi connectivity index (χ0v) is 9.25. The van der Waals surface area contributed by atoms with Crippen LogP contribution in [0.5, 0.6) is 0 Å². The molecule has 4 heteroatoms. The standard InChI is InChI=1S/C10H20N2O2/c1-8-4-5-9(14-8)6-11-7-10(13)12(2)3/h8-9,11H,4-7H2,1-3H3. The van der Waals surface area contributed by atoms with Gasteiger partial charge in [-0.25, -0.2) is 0 Å². The summed E-state index contributed by atoms with van der Waals surface area (Å²) in [7, 11) is 3.52. The van der Waals surface area contributed by atoms with Gasteiger partial charge in [0, 0.05) is 20.6 Å². The minimum absolute atomic E-state index is 0.107. The Hall–Kier alpha value is -0.610. The molecule has 1 aliphatic heterocycles. The van der Waals surface area contributed by atoms with Gasteiger partial charge in [0.2, 0.25) is 5.91 Å². The molecule has 14 heavy (non-hydrogen) atoms. The Balaban J connectivity index is 2.07. The van der Waals surface area contributed by atoms with E-state index < -0.39 is 0 Å². The molecule has 0 radical (unpaired) electrons. The summed E-state index contributed by atoms with van der Waals surface area (Å²) >= 11 is 0. The summed E-state index contributed by atoms with van der Waals surface area (Å²) in [5.41, 5.74) is 0. The fraction of sp³-hybridized carbons (Fsp3) is 0.900. The molecule has 2 atom stereocenters. The smallest absolute Gasteiger partial charge is 0.236 e. The van der Waals surface area contributed by atoms with Crippen LogP contribution in [-0.4, -0.2) is 50.2 Å². The van der Waals surface area contributed by atoms with Gasteiger partial charge in [-0.3, -0.25) is 4.79 Å². The van der Waals surface area contributed by atoms with Crippen molar-refractivity contribution >= 4 is 5.91 Å². The quantitative estimate of drug-likeness (QED) is 0.706. The predicted octanol–water partition coefficient (Wildman–Crippen LogP) is 0.232. The number of ether oxygens (including phenoxy) is 1. The van der Waals surface area contributed by atoms with Crippen LogP contribution in [-0.2, 0) is 9.53 Å². The summed E-state index contributed by atoms with van der Waals surface area (Å²) in [4.78, 5) is 12.8. The molecule has 1 saturated heterocycles. The Morgan fingerprint density at radius 1 is 1.50 bits per heavy atom. The molecule has 1 fully saturated rings. The third kappa shape index (κ3) is 3.64. The highest BCUT2D eigenvalue weighted by atomic mass is 16.5. The first-order valence-electron chi connectivity index (χ1n) is 5.16. The Labute approximate surface area is 85.6 Å². The van der Waals surface area contributed by atoms with E-state index in [1.54, 1.807) is 19.0 Å². The summed E-state index contributed by atoms with van der Waals surface area (Å²) in [5.74, 6) is 0.107. The van der Waals surface area contributed by atoms with E-state index in [1.165, 1.54) is 0 Å².